The Hall–Kier alpha value is -1.61. The van der Waals surface area contributed by atoms with Crippen molar-refractivity contribution in [3.8, 4) is 0 Å². The molecule has 118 valence electrons. The van der Waals surface area contributed by atoms with Gasteiger partial charge in [-0.25, -0.2) is 13.1 Å². The van der Waals surface area contributed by atoms with Gasteiger partial charge in [-0.2, -0.15) is 13.2 Å². The fraction of sp³-hybridized carbons (Fsp3) is 0.417. The number of carboxylic acid groups (broad SMARTS) is 1. The van der Waals surface area contributed by atoms with E-state index in [1.165, 1.54) is 24.3 Å². The van der Waals surface area contributed by atoms with Gasteiger partial charge in [0.1, 0.15) is 0 Å². The number of carboxylic acids is 1. The lowest BCUT2D eigenvalue weighted by molar-refractivity contribution is -0.175. The van der Waals surface area contributed by atoms with Gasteiger partial charge in [-0.1, -0.05) is 18.2 Å². The zero-order valence-corrected chi connectivity index (χ0v) is 11.6. The number of carbonyl (C=O) groups is 1. The molecule has 0 aliphatic carbocycles. The molecule has 0 bridgehead atoms. The van der Waals surface area contributed by atoms with Crippen molar-refractivity contribution in [3.63, 3.8) is 0 Å². The highest BCUT2D eigenvalue weighted by atomic mass is 32.2. The first-order valence-electron chi connectivity index (χ1n) is 5.96. The van der Waals surface area contributed by atoms with Crippen molar-refractivity contribution >= 4 is 16.0 Å². The Morgan fingerprint density at radius 2 is 1.81 bits per heavy atom. The minimum absolute atomic E-state index is 0.149. The van der Waals surface area contributed by atoms with Crippen molar-refractivity contribution in [3.05, 3.63) is 30.3 Å². The molecule has 0 saturated heterocycles. The van der Waals surface area contributed by atoms with Gasteiger partial charge in [-0.3, -0.25) is 4.79 Å². The van der Waals surface area contributed by atoms with E-state index in [0.717, 1.165) is 0 Å². The van der Waals surface area contributed by atoms with Crippen LogP contribution in [0.4, 0.5) is 13.2 Å². The molecule has 0 aliphatic rings. The Kier molecular flexibility index (Phi) is 5.73. The molecule has 0 amide bonds. The Labute approximate surface area is 119 Å². The van der Waals surface area contributed by atoms with Crippen LogP contribution < -0.4 is 4.72 Å². The molecule has 0 aliphatic heterocycles. The zero-order valence-electron chi connectivity index (χ0n) is 10.8. The monoisotopic (exact) mass is 325 g/mol. The third kappa shape index (κ3) is 5.72. The van der Waals surface area contributed by atoms with E-state index in [2.05, 4.69) is 0 Å². The van der Waals surface area contributed by atoms with Crippen LogP contribution in [0.2, 0.25) is 0 Å². The van der Waals surface area contributed by atoms with E-state index in [0.29, 0.717) is 0 Å². The normalized spacial score (nSPS) is 13.9. The first-order valence-corrected chi connectivity index (χ1v) is 7.44. The van der Waals surface area contributed by atoms with E-state index < -0.39 is 47.5 Å². The van der Waals surface area contributed by atoms with Crippen molar-refractivity contribution < 1.29 is 31.5 Å². The topological polar surface area (TPSA) is 83.5 Å². The van der Waals surface area contributed by atoms with E-state index in [1.54, 1.807) is 6.07 Å². The molecule has 1 rings (SSSR count). The van der Waals surface area contributed by atoms with Gasteiger partial charge in [0, 0.05) is 13.0 Å². The van der Waals surface area contributed by atoms with Gasteiger partial charge in [0.25, 0.3) is 0 Å². The van der Waals surface area contributed by atoms with E-state index in [4.69, 9.17) is 5.11 Å². The summed E-state index contributed by atoms with van der Waals surface area (Å²) in [7, 11) is -4.05. The second-order valence-corrected chi connectivity index (χ2v) is 6.10. The minimum atomic E-state index is -4.67. The summed E-state index contributed by atoms with van der Waals surface area (Å²) in [5.74, 6) is -3.41. The first-order chi connectivity index (χ1) is 9.63. The molecule has 0 radical (unpaired) electrons. The molecule has 0 fully saturated rings. The van der Waals surface area contributed by atoms with Crippen LogP contribution in [0.1, 0.15) is 12.8 Å². The van der Waals surface area contributed by atoms with Crippen molar-refractivity contribution in [1.82, 2.24) is 4.72 Å². The Morgan fingerprint density at radius 3 is 2.29 bits per heavy atom. The summed E-state index contributed by atoms with van der Waals surface area (Å²) in [4.78, 5) is 10.2. The van der Waals surface area contributed by atoms with E-state index in [9.17, 15) is 26.4 Å². The summed E-state index contributed by atoms with van der Waals surface area (Å²) >= 11 is 0. The third-order valence-electron chi connectivity index (χ3n) is 2.74. The molecule has 2 N–H and O–H groups in total. The van der Waals surface area contributed by atoms with Crippen molar-refractivity contribution in [2.75, 3.05) is 6.54 Å². The highest BCUT2D eigenvalue weighted by Gasteiger charge is 2.40. The van der Waals surface area contributed by atoms with E-state index >= 15 is 0 Å². The highest BCUT2D eigenvalue weighted by molar-refractivity contribution is 7.89. The SMILES string of the molecule is O=C(O)CC[C@H](CNS(=O)(=O)c1ccccc1)C(F)(F)F. The quantitative estimate of drug-likeness (QED) is 0.803. The molecule has 1 aromatic carbocycles. The molecule has 0 aromatic heterocycles. The number of halogens is 3. The average Bonchev–Trinajstić information content (AvgIpc) is 2.37. The summed E-state index contributed by atoms with van der Waals surface area (Å²) in [5.41, 5.74) is 0. The number of sulfonamides is 1. The minimum Gasteiger partial charge on any atom is -0.481 e. The zero-order chi connectivity index (χ0) is 16.1. The molecule has 1 aromatic rings. The van der Waals surface area contributed by atoms with Crippen LogP contribution in [0.3, 0.4) is 0 Å². The average molecular weight is 325 g/mol. The molecule has 0 heterocycles. The fourth-order valence-electron chi connectivity index (χ4n) is 1.57. The Balaban J connectivity index is 2.75. The Bertz CT molecular complexity index is 572. The second kappa shape index (κ2) is 6.90. The lowest BCUT2D eigenvalue weighted by Gasteiger charge is -2.20. The molecular formula is C12H14F3NO4S. The third-order valence-corrected chi connectivity index (χ3v) is 4.18. The summed E-state index contributed by atoms with van der Waals surface area (Å²) in [5, 5.41) is 8.43. The van der Waals surface area contributed by atoms with Crippen LogP contribution in [0.5, 0.6) is 0 Å². The van der Waals surface area contributed by atoms with Crippen LogP contribution in [-0.2, 0) is 14.8 Å². The molecule has 0 spiro atoms. The van der Waals surface area contributed by atoms with Crippen LogP contribution in [0, 0.1) is 5.92 Å². The van der Waals surface area contributed by atoms with Crippen LogP contribution in [0.15, 0.2) is 35.2 Å². The van der Waals surface area contributed by atoms with Gasteiger partial charge < -0.3 is 5.11 Å². The maximum Gasteiger partial charge on any atom is 0.393 e. The number of rotatable bonds is 7. The summed E-state index contributed by atoms with van der Waals surface area (Å²) in [6.45, 7) is -0.895. The molecule has 5 nitrogen and oxygen atoms in total. The van der Waals surface area contributed by atoms with Crippen LogP contribution >= 0.6 is 0 Å². The predicted octanol–water partition coefficient (Wildman–Crippen LogP) is 2.01. The molecular weight excluding hydrogens is 311 g/mol. The van der Waals surface area contributed by atoms with Gasteiger partial charge in [0.15, 0.2) is 0 Å². The summed E-state index contributed by atoms with van der Waals surface area (Å²) in [6.07, 6.45) is -6.04. The summed E-state index contributed by atoms with van der Waals surface area (Å²) in [6, 6.07) is 6.97. The van der Waals surface area contributed by atoms with Gasteiger partial charge in [-0.05, 0) is 18.6 Å². The smallest absolute Gasteiger partial charge is 0.393 e. The van der Waals surface area contributed by atoms with Gasteiger partial charge in [-0.15, -0.1) is 0 Å². The number of aliphatic carboxylic acids is 1. The van der Waals surface area contributed by atoms with Gasteiger partial charge >= 0.3 is 12.1 Å². The number of benzene rings is 1. The standard InChI is InChI=1S/C12H14F3NO4S/c13-12(14,15)9(6-7-11(17)18)8-16-21(19,20)10-4-2-1-3-5-10/h1-5,9,16H,6-8H2,(H,17,18)/t9-/m1/s1. The van der Waals surface area contributed by atoms with E-state index in [1.807, 2.05) is 4.72 Å². The van der Waals surface area contributed by atoms with Gasteiger partial charge in [0.05, 0.1) is 10.8 Å². The first kappa shape index (κ1) is 17.4. The second-order valence-electron chi connectivity index (χ2n) is 4.34. The van der Waals surface area contributed by atoms with E-state index in [-0.39, 0.29) is 4.90 Å². The van der Waals surface area contributed by atoms with Crippen molar-refractivity contribution in [1.29, 1.82) is 0 Å². The molecule has 0 saturated carbocycles. The Morgan fingerprint density at radius 1 is 1.24 bits per heavy atom. The highest BCUT2D eigenvalue weighted by Crippen LogP contribution is 2.29. The number of alkyl halides is 3. The molecule has 21 heavy (non-hydrogen) atoms. The fourth-order valence-corrected chi connectivity index (χ4v) is 2.68. The van der Waals surface area contributed by atoms with Gasteiger partial charge in [0.2, 0.25) is 10.0 Å². The number of nitrogens with one attached hydrogen (secondary N) is 1. The van der Waals surface area contributed by atoms with Crippen molar-refractivity contribution in [2.45, 2.75) is 23.9 Å². The lowest BCUT2D eigenvalue weighted by Crippen LogP contribution is -2.36. The number of hydrogen-bond acceptors (Lipinski definition) is 3. The lowest BCUT2D eigenvalue weighted by atomic mass is 10.0. The summed E-state index contributed by atoms with van der Waals surface area (Å²) < 4.78 is 63.6. The maximum atomic E-state index is 12.7. The molecule has 9 heteroatoms. The van der Waals surface area contributed by atoms with Crippen molar-refractivity contribution in [2.24, 2.45) is 5.92 Å². The predicted molar refractivity (Wildman–Crippen MR) is 68.0 cm³/mol. The molecule has 1 atom stereocenters. The number of hydrogen-bond donors (Lipinski definition) is 2. The molecule has 0 unspecified atom stereocenters. The van der Waals surface area contributed by atoms with Crippen LogP contribution in [-0.4, -0.2) is 32.2 Å². The van der Waals surface area contributed by atoms with Crippen LogP contribution in [0.25, 0.3) is 0 Å². The maximum absolute atomic E-state index is 12.7. The largest absolute Gasteiger partial charge is 0.481 e.